The first-order valence-corrected chi connectivity index (χ1v) is 4.93. The fourth-order valence-electron chi connectivity index (χ4n) is 1.22. The topological polar surface area (TPSA) is 68.9 Å². The second-order valence-corrected chi connectivity index (χ2v) is 3.10. The molecule has 1 aromatic carbocycles. The zero-order valence-electron chi connectivity index (χ0n) is 8.85. The van der Waals surface area contributed by atoms with Crippen LogP contribution < -0.4 is 5.63 Å². The summed E-state index contributed by atoms with van der Waals surface area (Å²) in [5.74, 6) is 0. The molecule has 0 bridgehead atoms. The number of nitrogens with zero attached hydrogens (tertiary/aromatic N) is 3. The first-order valence-electron chi connectivity index (χ1n) is 4.93. The Morgan fingerprint density at radius 3 is 2.29 bits per heavy atom. The average molecular weight is 227 g/mol. The number of benzene rings is 1. The number of hydrogen-bond donors (Lipinski definition) is 0. The van der Waals surface area contributed by atoms with Crippen molar-refractivity contribution in [1.82, 2.24) is 15.4 Å². The predicted octanol–water partition coefficient (Wildman–Crippen LogP) is 1.66. The average Bonchev–Trinajstić information content (AvgIpc) is 2.41. The molecule has 3 rings (SSSR count). The van der Waals surface area contributed by atoms with Crippen molar-refractivity contribution >= 4 is 11.0 Å². The van der Waals surface area contributed by atoms with Crippen LogP contribution in [0.3, 0.4) is 0 Å². The highest BCUT2D eigenvalue weighted by Gasteiger charge is 1.92. The third-order valence-electron chi connectivity index (χ3n) is 1.94. The molecular formula is C12H9N3O2. The molecule has 0 saturated carbocycles. The number of fused-ring (bicyclic) bond motifs is 1. The lowest BCUT2D eigenvalue weighted by Gasteiger charge is -1.91. The summed E-state index contributed by atoms with van der Waals surface area (Å²) < 4.78 is 4.91. The Labute approximate surface area is 96.7 Å². The van der Waals surface area contributed by atoms with Gasteiger partial charge in [-0.2, -0.15) is 0 Å². The Bertz CT molecular complexity index is 611. The van der Waals surface area contributed by atoms with Gasteiger partial charge in [-0.1, -0.05) is 18.2 Å². The standard InChI is InChI=1S/C9H6O2.C3H3N3/c10-9-6-5-7-3-1-2-4-8(7)11-9;1-2-4-6-5-3-1/h1-6H;1-3H. The molecule has 0 aliphatic heterocycles. The van der Waals surface area contributed by atoms with E-state index in [1.54, 1.807) is 30.6 Å². The highest BCUT2D eigenvalue weighted by atomic mass is 16.4. The number of aromatic nitrogens is 3. The van der Waals surface area contributed by atoms with Gasteiger partial charge in [0.1, 0.15) is 5.58 Å². The molecular weight excluding hydrogens is 218 g/mol. The zero-order chi connectivity index (χ0) is 11.9. The summed E-state index contributed by atoms with van der Waals surface area (Å²) in [5.41, 5.74) is 0.337. The van der Waals surface area contributed by atoms with Crippen LogP contribution >= 0.6 is 0 Å². The number of rotatable bonds is 0. The van der Waals surface area contributed by atoms with Crippen LogP contribution in [0.25, 0.3) is 11.0 Å². The van der Waals surface area contributed by atoms with E-state index in [4.69, 9.17) is 4.42 Å². The molecule has 0 saturated heterocycles. The Hall–Kier alpha value is -2.56. The van der Waals surface area contributed by atoms with Crippen LogP contribution in [0, 0.1) is 0 Å². The third-order valence-corrected chi connectivity index (χ3v) is 1.94. The van der Waals surface area contributed by atoms with Gasteiger partial charge in [0, 0.05) is 11.5 Å². The maximum absolute atomic E-state index is 10.7. The summed E-state index contributed by atoms with van der Waals surface area (Å²) in [6, 6.07) is 12.3. The van der Waals surface area contributed by atoms with Crippen molar-refractivity contribution in [2.75, 3.05) is 0 Å². The van der Waals surface area contributed by atoms with Crippen molar-refractivity contribution in [2.24, 2.45) is 0 Å². The summed E-state index contributed by atoms with van der Waals surface area (Å²) in [5, 5.41) is 11.1. The molecule has 3 aromatic rings. The summed E-state index contributed by atoms with van der Waals surface area (Å²) in [7, 11) is 0. The maximum atomic E-state index is 10.7. The van der Waals surface area contributed by atoms with Crippen LogP contribution in [0.15, 0.2) is 64.1 Å². The van der Waals surface area contributed by atoms with Gasteiger partial charge in [-0.3, -0.25) is 0 Å². The molecule has 0 amide bonds. The Kier molecular flexibility index (Phi) is 3.54. The minimum absolute atomic E-state index is 0.302. The molecule has 0 N–H and O–H groups in total. The molecule has 84 valence electrons. The molecule has 0 aliphatic carbocycles. The lowest BCUT2D eigenvalue weighted by atomic mass is 10.2. The van der Waals surface area contributed by atoms with Crippen molar-refractivity contribution in [2.45, 2.75) is 0 Å². The molecule has 5 heteroatoms. The zero-order valence-corrected chi connectivity index (χ0v) is 8.85. The first-order chi connectivity index (χ1) is 8.36. The Morgan fingerprint density at radius 2 is 1.65 bits per heavy atom. The SMILES string of the molecule is O=c1ccc2ccccc2o1.c1cnnnc1. The van der Waals surface area contributed by atoms with Crippen molar-refractivity contribution in [3.63, 3.8) is 0 Å². The monoisotopic (exact) mass is 227 g/mol. The van der Waals surface area contributed by atoms with Gasteiger partial charge in [-0.05, 0) is 23.4 Å². The van der Waals surface area contributed by atoms with Crippen LogP contribution in [0.1, 0.15) is 0 Å². The van der Waals surface area contributed by atoms with Crippen LogP contribution in [0.2, 0.25) is 0 Å². The van der Waals surface area contributed by atoms with Gasteiger partial charge < -0.3 is 4.42 Å². The normalized spacial score (nSPS) is 9.41. The third kappa shape index (κ3) is 3.20. The molecule has 0 fully saturated rings. The second kappa shape index (κ2) is 5.50. The van der Waals surface area contributed by atoms with Gasteiger partial charge >= 0.3 is 5.63 Å². The summed E-state index contributed by atoms with van der Waals surface area (Å²) in [6.07, 6.45) is 3.15. The van der Waals surface area contributed by atoms with Crippen molar-refractivity contribution in [1.29, 1.82) is 0 Å². The molecule has 17 heavy (non-hydrogen) atoms. The van der Waals surface area contributed by atoms with Gasteiger partial charge in [0.25, 0.3) is 0 Å². The van der Waals surface area contributed by atoms with E-state index in [0.717, 1.165) is 5.39 Å². The van der Waals surface area contributed by atoms with Gasteiger partial charge in [0.15, 0.2) is 0 Å². The first kappa shape index (κ1) is 10.9. The highest BCUT2D eigenvalue weighted by molar-refractivity contribution is 5.75. The van der Waals surface area contributed by atoms with Crippen LogP contribution in [0.4, 0.5) is 0 Å². The second-order valence-electron chi connectivity index (χ2n) is 3.10. The summed E-state index contributed by atoms with van der Waals surface area (Å²) in [4.78, 5) is 10.7. The predicted molar refractivity (Wildman–Crippen MR) is 62.3 cm³/mol. The van der Waals surface area contributed by atoms with E-state index in [0.29, 0.717) is 5.58 Å². The van der Waals surface area contributed by atoms with Crippen LogP contribution in [-0.4, -0.2) is 15.4 Å². The largest absolute Gasteiger partial charge is 0.423 e. The summed E-state index contributed by atoms with van der Waals surface area (Å²) >= 11 is 0. The van der Waals surface area contributed by atoms with E-state index in [9.17, 15) is 4.79 Å². The molecule has 2 heterocycles. The van der Waals surface area contributed by atoms with E-state index in [2.05, 4.69) is 15.4 Å². The van der Waals surface area contributed by atoms with Crippen molar-refractivity contribution in [3.8, 4) is 0 Å². The van der Waals surface area contributed by atoms with Crippen LogP contribution in [-0.2, 0) is 0 Å². The smallest absolute Gasteiger partial charge is 0.336 e. The van der Waals surface area contributed by atoms with Crippen molar-refractivity contribution < 1.29 is 4.42 Å². The van der Waals surface area contributed by atoms with E-state index in [1.165, 1.54) is 6.07 Å². The molecule has 2 aromatic heterocycles. The lowest BCUT2D eigenvalue weighted by Crippen LogP contribution is -1.93. The van der Waals surface area contributed by atoms with Gasteiger partial charge in [-0.15, -0.1) is 10.2 Å². The molecule has 0 spiro atoms. The van der Waals surface area contributed by atoms with E-state index in [1.807, 2.05) is 18.2 Å². The minimum atomic E-state index is -0.302. The van der Waals surface area contributed by atoms with E-state index in [-0.39, 0.29) is 5.63 Å². The molecule has 0 atom stereocenters. The van der Waals surface area contributed by atoms with E-state index >= 15 is 0 Å². The fraction of sp³-hybridized carbons (Fsp3) is 0. The molecule has 0 unspecified atom stereocenters. The maximum Gasteiger partial charge on any atom is 0.336 e. The fourth-order valence-corrected chi connectivity index (χ4v) is 1.22. The van der Waals surface area contributed by atoms with Crippen molar-refractivity contribution in [3.05, 3.63) is 65.3 Å². The highest BCUT2D eigenvalue weighted by Crippen LogP contribution is 2.08. The molecule has 0 radical (unpaired) electrons. The number of hydrogen-bond acceptors (Lipinski definition) is 5. The minimum Gasteiger partial charge on any atom is -0.423 e. The quantitative estimate of drug-likeness (QED) is 0.546. The Morgan fingerprint density at radius 1 is 0.882 bits per heavy atom. The lowest BCUT2D eigenvalue weighted by molar-refractivity contribution is 0.561. The number of para-hydroxylation sites is 1. The van der Waals surface area contributed by atoms with E-state index < -0.39 is 0 Å². The van der Waals surface area contributed by atoms with Gasteiger partial charge in [0.2, 0.25) is 0 Å². The summed E-state index contributed by atoms with van der Waals surface area (Å²) in [6.45, 7) is 0. The Balaban J connectivity index is 0.000000153. The van der Waals surface area contributed by atoms with Gasteiger partial charge in [-0.25, -0.2) is 4.79 Å². The van der Waals surface area contributed by atoms with Crippen LogP contribution in [0.5, 0.6) is 0 Å². The van der Waals surface area contributed by atoms with Gasteiger partial charge in [0.05, 0.1) is 12.4 Å². The molecule has 0 aliphatic rings. The molecule has 5 nitrogen and oxygen atoms in total.